The van der Waals surface area contributed by atoms with Gasteiger partial charge in [0.05, 0.1) is 5.69 Å². The standard InChI is InChI=1S/C17H19FN4O2S/c1-11-15(25-21-20-11)17(24)22-7-5-12(6-8-22)10-19-16(23)13-3-2-4-14(18)9-13/h2-4,9,12H,5-8,10H2,1H3,(H,19,23). The maximum Gasteiger partial charge on any atom is 0.267 e. The molecule has 1 aromatic heterocycles. The molecule has 25 heavy (non-hydrogen) atoms. The summed E-state index contributed by atoms with van der Waals surface area (Å²) in [7, 11) is 0. The van der Waals surface area contributed by atoms with Gasteiger partial charge in [0, 0.05) is 25.2 Å². The van der Waals surface area contributed by atoms with Gasteiger partial charge in [-0.05, 0) is 55.4 Å². The molecule has 1 aromatic carbocycles. The molecule has 0 atom stereocenters. The number of aromatic nitrogens is 2. The van der Waals surface area contributed by atoms with Crippen LogP contribution < -0.4 is 5.32 Å². The summed E-state index contributed by atoms with van der Waals surface area (Å²) >= 11 is 1.13. The first-order valence-corrected chi connectivity index (χ1v) is 8.94. The predicted molar refractivity (Wildman–Crippen MR) is 92.0 cm³/mol. The van der Waals surface area contributed by atoms with Gasteiger partial charge in [0.25, 0.3) is 11.8 Å². The number of carbonyl (C=O) groups excluding carboxylic acids is 2. The Hall–Kier alpha value is -2.35. The summed E-state index contributed by atoms with van der Waals surface area (Å²) in [6.07, 6.45) is 1.64. The number of likely N-dealkylation sites (tertiary alicyclic amines) is 1. The van der Waals surface area contributed by atoms with E-state index in [0.717, 1.165) is 24.4 Å². The van der Waals surface area contributed by atoms with Crippen molar-refractivity contribution >= 4 is 23.3 Å². The van der Waals surface area contributed by atoms with Gasteiger partial charge in [-0.3, -0.25) is 9.59 Å². The molecule has 8 heteroatoms. The zero-order valence-electron chi connectivity index (χ0n) is 13.9. The number of hydrogen-bond acceptors (Lipinski definition) is 5. The maximum absolute atomic E-state index is 13.2. The van der Waals surface area contributed by atoms with Gasteiger partial charge in [-0.15, -0.1) is 5.10 Å². The second-order valence-corrected chi connectivity index (χ2v) is 6.90. The molecule has 2 heterocycles. The van der Waals surface area contributed by atoms with Crippen molar-refractivity contribution in [3.63, 3.8) is 0 Å². The molecular formula is C17H19FN4O2S. The van der Waals surface area contributed by atoms with E-state index in [4.69, 9.17) is 0 Å². The minimum Gasteiger partial charge on any atom is -0.352 e. The topological polar surface area (TPSA) is 75.2 Å². The molecule has 2 aromatic rings. The van der Waals surface area contributed by atoms with Crippen molar-refractivity contribution in [2.24, 2.45) is 5.92 Å². The van der Waals surface area contributed by atoms with Gasteiger partial charge < -0.3 is 10.2 Å². The first-order chi connectivity index (χ1) is 12.0. The highest BCUT2D eigenvalue weighted by Gasteiger charge is 2.26. The Labute approximate surface area is 149 Å². The molecular weight excluding hydrogens is 343 g/mol. The van der Waals surface area contributed by atoms with Crippen LogP contribution in [-0.2, 0) is 0 Å². The molecule has 3 rings (SSSR count). The fourth-order valence-electron chi connectivity index (χ4n) is 2.88. The smallest absolute Gasteiger partial charge is 0.267 e. The molecule has 0 unspecified atom stereocenters. The van der Waals surface area contributed by atoms with Gasteiger partial charge in [-0.2, -0.15) is 0 Å². The lowest BCUT2D eigenvalue weighted by Crippen LogP contribution is -2.41. The van der Waals surface area contributed by atoms with Crippen LogP contribution in [0.3, 0.4) is 0 Å². The Morgan fingerprint density at radius 3 is 2.76 bits per heavy atom. The van der Waals surface area contributed by atoms with Crippen molar-refractivity contribution in [2.75, 3.05) is 19.6 Å². The fraction of sp³-hybridized carbons (Fsp3) is 0.412. The average Bonchev–Trinajstić information content (AvgIpc) is 3.05. The van der Waals surface area contributed by atoms with Crippen molar-refractivity contribution in [1.82, 2.24) is 19.8 Å². The van der Waals surface area contributed by atoms with Gasteiger partial charge in [-0.1, -0.05) is 10.6 Å². The molecule has 0 saturated carbocycles. The molecule has 0 spiro atoms. The average molecular weight is 362 g/mol. The van der Waals surface area contributed by atoms with Crippen LogP contribution in [0.2, 0.25) is 0 Å². The number of nitrogens with zero attached hydrogens (tertiary/aromatic N) is 3. The molecule has 0 radical (unpaired) electrons. The van der Waals surface area contributed by atoms with Crippen molar-refractivity contribution in [1.29, 1.82) is 0 Å². The molecule has 1 aliphatic heterocycles. The van der Waals surface area contributed by atoms with Crippen LogP contribution in [0.5, 0.6) is 0 Å². The third-order valence-electron chi connectivity index (χ3n) is 4.39. The van der Waals surface area contributed by atoms with Crippen molar-refractivity contribution in [2.45, 2.75) is 19.8 Å². The van der Waals surface area contributed by atoms with E-state index in [1.807, 2.05) is 4.90 Å². The first kappa shape index (κ1) is 17.5. The monoisotopic (exact) mass is 362 g/mol. The Bertz CT molecular complexity index is 772. The fourth-order valence-corrected chi connectivity index (χ4v) is 3.51. The summed E-state index contributed by atoms with van der Waals surface area (Å²) in [5, 5.41) is 6.73. The number of rotatable bonds is 4. The minimum atomic E-state index is -0.424. The Morgan fingerprint density at radius 2 is 2.12 bits per heavy atom. The normalized spacial score (nSPS) is 15.2. The third kappa shape index (κ3) is 4.19. The van der Waals surface area contributed by atoms with Gasteiger partial charge in [-0.25, -0.2) is 4.39 Å². The molecule has 0 bridgehead atoms. The summed E-state index contributed by atoms with van der Waals surface area (Å²) in [6.45, 7) is 3.61. The summed E-state index contributed by atoms with van der Waals surface area (Å²) < 4.78 is 17.0. The van der Waals surface area contributed by atoms with Crippen LogP contribution in [-0.4, -0.2) is 45.9 Å². The molecule has 6 nitrogen and oxygen atoms in total. The van der Waals surface area contributed by atoms with Crippen LogP contribution in [0.1, 0.15) is 38.6 Å². The molecule has 1 fully saturated rings. The molecule has 0 aliphatic carbocycles. The number of hydrogen-bond donors (Lipinski definition) is 1. The summed E-state index contributed by atoms with van der Waals surface area (Å²) in [5.41, 5.74) is 0.986. The Kier molecular flexibility index (Phi) is 5.37. The zero-order valence-corrected chi connectivity index (χ0v) is 14.7. The number of aryl methyl sites for hydroxylation is 1. The number of amides is 2. The summed E-state index contributed by atoms with van der Waals surface area (Å²) in [5.74, 6) is -0.409. The van der Waals surface area contributed by atoms with Gasteiger partial charge in [0.15, 0.2) is 0 Å². The highest BCUT2D eigenvalue weighted by molar-refractivity contribution is 7.07. The lowest BCUT2D eigenvalue weighted by Gasteiger charge is -2.31. The van der Waals surface area contributed by atoms with Gasteiger partial charge >= 0.3 is 0 Å². The third-order valence-corrected chi connectivity index (χ3v) is 5.20. The minimum absolute atomic E-state index is 0.0188. The number of benzene rings is 1. The lowest BCUT2D eigenvalue weighted by molar-refractivity contribution is 0.0688. The predicted octanol–water partition coefficient (Wildman–Crippen LogP) is 2.27. The Balaban J connectivity index is 1.47. The number of halogens is 1. The van der Waals surface area contributed by atoms with Crippen LogP contribution in [0.25, 0.3) is 0 Å². The molecule has 2 amide bonds. The van der Waals surface area contributed by atoms with E-state index in [1.165, 1.54) is 18.2 Å². The van der Waals surface area contributed by atoms with Crippen LogP contribution in [0.15, 0.2) is 24.3 Å². The Morgan fingerprint density at radius 1 is 1.36 bits per heavy atom. The molecule has 132 valence electrons. The SMILES string of the molecule is Cc1nnsc1C(=O)N1CCC(CNC(=O)c2cccc(F)c2)CC1. The summed E-state index contributed by atoms with van der Waals surface area (Å²) in [4.78, 5) is 26.9. The maximum atomic E-state index is 13.2. The zero-order chi connectivity index (χ0) is 17.8. The second-order valence-electron chi connectivity index (χ2n) is 6.14. The highest BCUT2D eigenvalue weighted by Crippen LogP contribution is 2.20. The molecule has 1 aliphatic rings. The van der Waals surface area contributed by atoms with E-state index in [1.54, 1.807) is 13.0 Å². The quantitative estimate of drug-likeness (QED) is 0.905. The van der Waals surface area contributed by atoms with Gasteiger partial charge in [0.2, 0.25) is 0 Å². The molecule has 1 N–H and O–H groups in total. The van der Waals surface area contributed by atoms with Crippen LogP contribution in [0, 0.1) is 18.7 Å². The number of carbonyl (C=O) groups is 2. The number of nitrogens with one attached hydrogen (secondary N) is 1. The van der Waals surface area contributed by atoms with E-state index < -0.39 is 5.82 Å². The van der Waals surface area contributed by atoms with E-state index >= 15 is 0 Å². The van der Waals surface area contributed by atoms with Crippen molar-refractivity contribution < 1.29 is 14.0 Å². The van der Waals surface area contributed by atoms with E-state index in [2.05, 4.69) is 14.9 Å². The number of piperidine rings is 1. The van der Waals surface area contributed by atoms with Crippen molar-refractivity contribution in [3.05, 3.63) is 46.2 Å². The van der Waals surface area contributed by atoms with E-state index in [-0.39, 0.29) is 11.8 Å². The van der Waals surface area contributed by atoms with Gasteiger partial charge in [0.1, 0.15) is 10.7 Å². The first-order valence-electron chi connectivity index (χ1n) is 8.16. The summed E-state index contributed by atoms with van der Waals surface area (Å²) in [6, 6.07) is 5.64. The second kappa shape index (κ2) is 7.69. The highest BCUT2D eigenvalue weighted by atomic mass is 32.1. The molecule has 1 saturated heterocycles. The lowest BCUT2D eigenvalue weighted by atomic mass is 9.96. The van der Waals surface area contributed by atoms with E-state index in [9.17, 15) is 14.0 Å². The largest absolute Gasteiger partial charge is 0.352 e. The van der Waals surface area contributed by atoms with Crippen LogP contribution >= 0.6 is 11.5 Å². The van der Waals surface area contributed by atoms with Crippen LogP contribution in [0.4, 0.5) is 4.39 Å². The van der Waals surface area contributed by atoms with Crippen molar-refractivity contribution in [3.8, 4) is 0 Å². The van der Waals surface area contributed by atoms with E-state index in [0.29, 0.717) is 41.7 Å².